The lowest BCUT2D eigenvalue weighted by Gasteiger charge is -2.25. The van der Waals surface area contributed by atoms with E-state index in [1.165, 1.54) is 11.6 Å². The summed E-state index contributed by atoms with van der Waals surface area (Å²) in [5.41, 5.74) is 3.66. The lowest BCUT2D eigenvalue weighted by molar-refractivity contribution is -0.124. The van der Waals surface area contributed by atoms with Crippen molar-refractivity contribution in [2.75, 3.05) is 25.1 Å². The molecule has 0 radical (unpaired) electrons. The number of hydroxylamine groups is 1. The maximum atomic E-state index is 12.6. The number of nitrogens with one attached hydrogen (secondary N) is 2. The van der Waals surface area contributed by atoms with Crippen LogP contribution in [0.5, 0.6) is 5.75 Å². The molecular formula is C23H28N2O7. The number of anilines is 1. The summed E-state index contributed by atoms with van der Waals surface area (Å²) in [5, 5.41) is 20.4. The number of amides is 2. The number of aliphatic hydroxyl groups excluding tert-OH is 1. The molecule has 2 aromatic carbocycles. The molecule has 0 spiro atoms. The second-order valence-electron chi connectivity index (χ2n) is 6.72. The van der Waals surface area contributed by atoms with E-state index in [2.05, 4.69) is 5.32 Å². The van der Waals surface area contributed by atoms with Crippen molar-refractivity contribution in [1.29, 1.82) is 0 Å². The lowest BCUT2D eigenvalue weighted by Crippen LogP contribution is -2.28. The normalized spacial score (nSPS) is 12.8. The molecular weight excluding hydrogens is 416 g/mol. The first-order chi connectivity index (χ1) is 15.5. The van der Waals surface area contributed by atoms with Crippen molar-refractivity contribution in [2.24, 2.45) is 0 Å². The molecule has 9 nitrogen and oxygen atoms in total. The van der Waals surface area contributed by atoms with Crippen molar-refractivity contribution in [1.82, 2.24) is 5.48 Å². The van der Waals surface area contributed by atoms with Gasteiger partial charge < -0.3 is 19.3 Å². The zero-order valence-corrected chi connectivity index (χ0v) is 18.0. The van der Waals surface area contributed by atoms with E-state index in [0.717, 1.165) is 11.6 Å². The quantitative estimate of drug-likeness (QED) is 0.238. The van der Waals surface area contributed by atoms with Gasteiger partial charge in [0.25, 0.3) is 5.91 Å². The zero-order chi connectivity index (χ0) is 23.3. The molecule has 0 unspecified atom stereocenters. The third-order valence-corrected chi connectivity index (χ3v) is 4.28. The molecule has 0 saturated carbocycles. The van der Waals surface area contributed by atoms with Gasteiger partial charge in [-0.3, -0.25) is 15.3 Å². The van der Waals surface area contributed by atoms with Crippen LogP contribution >= 0.6 is 0 Å². The molecule has 0 saturated heterocycles. The monoisotopic (exact) mass is 444 g/mol. The van der Waals surface area contributed by atoms with Crippen LogP contribution in [0.2, 0.25) is 0 Å². The number of benzene rings is 2. The summed E-state index contributed by atoms with van der Waals surface area (Å²) in [6.45, 7) is 3.93. The highest BCUT2D eigenvalue weighted by atomic mass is 16.6. The minimum absolute atomic E-state index is 0.106. The Kier molecular flexibility index (Phi) is 10.2. The highest BCUT2D eigenvalue weighted by molar-refractivity contribution is 5.86. The Labute approximate surface area is 186 Å². The second-order valence-corrected chi connectivity index (χ2v) is 6.72. The summed E-state index contributed by atoms with van der Waals surface area (Å²) >= 11 is 0. The maximum Gasteiger partial charge on any atom is 0.412 e. The van der Waals surface area contributed by atoms with Crippen LogP contribution in [0.1, 0.15) is 24.2 Å². The number of rotatable bonds is 11. The molecule has 2 amide bonds. The topological polar surface area (TPSA) is 126 Å². The van der Waals surface area contributed by atoms with E-state index < -0.39 is 24.2 Å². The number of ether oxygens (including phenoxy) is 3. The Hall–Kier alpha value is -3.40. The number of carbonyl (C=O) groups excluding carboxylic acids is 2. The van der Waals surface area contributed by atoms with Crippen LogP contribution in [0.15, 0.2) is 60.7 Å². The van der Waals surface area contributed by atoms with Crippen molar-refractivity contribution in [3.8, 4) is 5.75 Å². The number of hydrogen-bond acceptors (Lipinski definition) is 7. The molecule has 0 heterocycles. The molecule has 9 heteroatoms. The van der Waals surface area contributed by atoms with Gasteiger partial charge in [0.1, 0.15) is 18.5 Å². The molecule has 2 rings (SSSR count). The molecule has 32 heavy (non-hydrogen) atoms. The fourth-order valence-electron chi connectivity index (χ4n) is 2.82. The van der Waals surface area contributed by atoms with Crippen LogP contribution in [0.25, 0.3) is 0 Å². The molecule has 0 aliphatic rings. The van der Waals surface area contributed by atoms with E-state index in [0.29, 0.717) is 17.0 Å². The number of aliphatic hydroxyl groups is 1. The van der Waals surface area contributed by atoms with E-state index in [1.807, 2.05) is 19.1 Å². The van der Waals surface area contributed by atoms with Gasteiger partial charge in [0.15, 0.2) is 6.10 Å². The van der Waals surface area contributed by atoms with Gasteiger partial charge in [0.2, 0.25) is 0 Å². The van der Waals surface area contributed by atoms with Crippen LogP contribution in [-0.4, -0.2) is 48.2 Å². The standard InChI is InChI=1S/C23H28N2O7/c1-3-30-20(11-12-21(27)25-29)22(17-5-4-6-19(15-17)31-14-13-26)32-23(28)24-18-9-7-16(2)8-10-18/h4-12,15,20,22,26,29H,3,13-14H2,1-2H3,(H,24,28)(H,25,27)/b12-11+/t20-,22-/m0/s1. The molecule has 0 aromatic heterocycles. The first-order valence-corrected chi connectivity index (χ1v) is 10.1. The summed E-state index contributed by atoms with van der Waals surface area (Å²) in [7, 11) is 0. The molecule has 0 bridgehead atoms. The summed E-state index contributed by atoms with van der Waals surface area (Å²) in [6, 6.07) is 14.0. The molecule has 0 fully saturated rings. The minimum Gasteiger partial charge on any atom is -0.491 e. The minimum atomic E-state index is -0.944. The van der Waals surface area contributed by atoms with E-state index in [4.69, 9.17) is 24.5 Å². The van der Waals surface area contributed by atoms with Crippen LogP contribution < -0.4 is 15.5 Å². The van der Waals surface area contributed by atoms with Gasteiger partial charge in [-0.05, 0) is 49.8 Å². The smallest absolute Gasteiger partial charge is 0.412 e. The number of carbonyl (C=O) groups is 2. The fraction of sp³-hybridized carbons (Fsp3) is 0.304. The van der Waals surface area contributed by atoms with E-state index in [9.17, 15) is 9.59 Å². The first kappa shape index (κ1) is 24.9. The SMILES string of the molecule is CCO[C@@H](/C=C/C(=O)NO)[C@@H](OC(=O)Nc1ccc(C)cc1)c1cccc(OCCO)c1. The van der Waals surface area contributed by atoms with E-state index in [1.54, 1.807) is 43.3 Å². The van der Waals surface area contributed by atoms with Crippen molar-refractivity contribution >= 4 is 17.7 Å². The van der Waals surface area contributed by atoms with Crippen LogP contribution in [0.3, 0.4) is 0 Å². The van der Waals surface area contributed by atoms with Gasteiger partial charge in [0.05, 0.1) is 6.61 Å². The Morgan fingerprint density at radius 1 is 1.16 bits per heavy atom. The van der Waals surface area contributed by atoms with Gasteiger partial charge >= 0.3 is 6.09 Å². The summed E-state index contributed by atoms with van der Waals surface area (Å²) in [4.78, 5) is 24.1. The third kappa shape index (κ3) is 8.03. The van der Waals surface area contributed by atoms with Crippen molar-refractivity contribution in [3.63, 3.8) is 0 Å². The Bertz CT molecular complexity index is 899. The van der Waals surface area contributed by atoms with Gasteiger partial charge in [-0.2, -0.15) is 0 Å². The van der Waals surface area contributed by atoms with Gasteiger partial charge in [0, 0.05) is 18.4 Å². The molecule has 0 aliphatic heterocycles. The predicted molar refractivity (Wildman–Crippen MR) is 118 cm³/mol. The average Bonchev–Trinajstić information content (AvgIpc) is 2.80. The molecule has 4 N–H and O–H groups in total. The van der Waals surface area contributed by atoms with Gasteiger partial charge in [-0.25, -0.2) is 10.3 Å². The lowest BCUT2D eigenvalue weighted by atomic mass is 10.0. The third-order valence-electron chi connectivity index (χ3n) is 4.28. The summed E-state index contributed by atoms with van der Waals surface area (Å²) < 4.78 is 16.8. The second kappa shape index (κ2) is 13.1. The highest BCUT2D eigenvalue weighted by Gasteiger charge is 2.27. The Morgan fingerprint density at radius 3 is 2.56 bits per heavy atom. The van der Waals surface area contributed by atoms with E-state index in [-0.39, 0.29) is 19.8 Å². The summed E-state index contributed by atoms with van der Waals surface area (Å²) in [6.07, 6.45) is -0.0268. The Balaban J connectivity index is 2.31. The number of hydrogen-bond donors (Lipinski definition) is 4. The first-order valence-electron chi connectivity index (χ1n) is 10.1. The van der Waals surface area contributed by atoms with Crippen LogP contribution in [0, 0.1) is 6.92 Å². The largest absolute Gasteiger partial charge is 0.491 e. The van der Waals surface area contributed by atoms with Crippen molar-refractivity contribution < 1.29 is 34.1 Å². The number of aryl methyl sites for hydroxylation is 1. The van der Waals surface area contributed by atoms with Crippen LogP contribution in [-0.2, 0) is 14.3 Å². The van der Waals surface area contributed by atoms with Crippen LogP contribution in [0.4, 0.5) is 10.5 Å². The molecule has 2 atom stereocenters. The molecule has 0 aliphatic carbocycles. The summed E-state index contributed by atoms with van der Waals surface area (Å²) in [5.74, 6) is -0.283. The van der Waals surface area contributed by atoms with Crippen molar-refractivity contribution in [2.45, 2.75) is 26.1 Å². The average molecular weight is 444 g/mol. The maximum absolute atomic E-state index is 12.6. The Morgan fingerprint density at radius 2 is 1.91 bits per heavy atom. The zero-order valence-electron chi connectivity index (χ0n) is 18.0. The fourth-order valence-corrected chi connectivity index (χ4v) is 2.82. The molecule has 172 valence electrons. The predicted octanol–water partition coefficient (Wildman–Crippen LogP) is 3.12. The van der Waals surface area contributed by atoms with Crippen molar-refractivity contribution in [3.05, 3.63) is 71.8 Å². The van der Waals surface area contributed by atoms with Gasteiger partial charge in [-0.1, -0.05) is 29.8 Å². The van der Waals surface area contributed by atoms with E-state index >= 15 is 0 Å². The van der Waals surface area contributed by atoms with Gasteiger partial charge in [-0.15, -0.1) is 0 Å². The highest BCUT2D eigenvalue weighted by Crippen LogP contribution is 2.28. The molecule has 2 aromatic rings.